The number of hydrogen-bond donors (Lipinski definition) is 0. The first-order valence-electron chi connectivity index (χ1n) is 8.20. The lowest BCUT2D eigenvalue weighted by Crippen LogP contribution is -2.39. The van der Waals surface area contributed by atoms with E-state index in [1.807, 2.05) is 39.0 Å². The standard InChI is InChI=1S/C18H22BrF2NOS/c1-16(2,3)24(23)22-15-14-10-13(19)5-4-12(14)11-17(15)6-8-18(20,21)9-7-17/h4-5,10H,6-9,11H2,1-3H3/b22-15+. The van der Waals surface area contributed by atoms with Crippen LogP contribution < -0.4 is 0 Å². The minimum atomic E-state index is -2.59. The third kappa shape index (κ3) is 3.42. The van der Waals surface area contributed by atoms with Gasteiger partial charge in [-0.1, -0.05) is 26.4 Å². The van der Waals surface area contributed by atoms with E-state index < -0.39 is 27.4 Å². The summed E-state index contributed by atoms with van der Waals surface area (Å²) in [5.74, 6) is -2.59. The second-order valence-corrected chi connectivity index (χ2v) is 10.7. The highest BCUT2D eigenvalue weighted by atomic mass is 79.9. The van der Waals surface area contributed by atoms with Crippen LogP contribution in [0.3, 0.4) is 0 Å². The summed E-state index contributed by atoms with van der Waals surface area (Å²) in [5.41, 5.74) is 2.45. The number of fused-ring (bicyclic) bond motifs is 1. The Morgan fingerprint density at radius 3 is 2.38 bits per heavy atom. The quantitative estimate of drug-likeness (QED) is 0.559. The van der Waals surface area contributed by atoms with Crippen molar-refractivity contribution < 1.29 is 13.3 Å². The summed E-state index contributed by atoms with van der Waals surface area (Å²) in [5, 5.41) is 0. The van der Waals surface area contributed by atoms with Gasteiger partial charge in [0.15, 0.2) is 0 Å². The molecule has 3 rings (SSSR count). The van der Waals surface area contributed by atoms with Gasteiger partial charge < -0.3 is 4.55 Å². The van der Waals surface area contributed by atoms with E-state index in [4.69, 9.17) is 0 Å². The topological polar surface area (TPSA) is 35.4 Å². The molecule has 1 saturated carbocycles. The highest BCUT2D eigenvalue weighted by molar-refractivity contribution is 9.10. The van der Waals surface area contributed by atoms with Crippen molar-refractivity contribution >= 4 is 33.0 Å². The normalized spacial score (nSPS) is 25.0. The van der Waals surface area contributed by atoms with E-state index in [0.717, 1.165) is 21.3 Å². The Morgan fingerprint density at radius 1 is 1.17 bits per heavy atom. The summed E-state index contributed by atoms with van der Waals surface area (Å²) < 4.78 is 45.1. The maximum absolute atomic E-state index is 13.7. The van der Waals surface area contributed by atoms with E-state index in [9.17, 15) is 13.3 Å². The van der Waals surface area contributed by atoms with Gasteiger partial charge in [0.1, 0.15) is 21.8 Å². The predicted molar refractivity (Wildman–Crippen MR) is 98.1 cm³/mol. The van der Waals surface area contributed by atoms with Gasteiger partial charge >= 0.3 is 0 Å². The number of nitrogens with zero attached hydrogens (tertiary/aromatic N) is 1. The van der Waals surface area contributed by atoms with E-state index in [-0.39, 0.29) is 12.8 Å². The van der Waals surface area contributed by atoms with Crippen molar-refractivity contribution in [3.63, 3.8) is 0 Å². The molecule has 1 aromatic rings. The first kappa shape index (κ1) is 18.3. The Hall–Kier alpha value is -0.460. The van der Waals surface area contributed by atoms with Crippen molar-refractivity contribution in [3.8, 4) is 0 Å². The first-order chi connectivity index (χ1) is 11.0. The molecular weight excluding hydrogens is 396 g/mol. The maximum atomic E-state index is 13.7. The van der Waals surface area contributed by atoms with Crippen LogP contribution in [-0.2, 0) is 17.8 Å². The van der Waals surface area contributed by atoms with Crippen LogP contribution in [0.15, 0.2) is 27.1 Å². The Morgan fingerprint density at radius 2 is 1.79 bits per heavy atom. The fourth-order valence-corrected chi connectivity index (χ4v) is 4.62. The molecule has 1 spiro atoms. The Bertz CT molecular complexity index is 674. The molecule has 1 fully saturated rings. The molecule has 0 aliphatic heterocycles. The third-order valence-corrected chi connectivity index (χ3v) is 6.88. The molecule has 0 saturated heterocycles. The van der Waals surface area contributed by atoms with E-state index in [2.05, 4.69) is 20.3 Å². The van der Waals surface area contributed by atoms with Gasteiger partial charge in [-0.05, 0) is 57.7 Å². The molecule has 2 nitrogen and oxygen atoms in total. The minimum absolute atomic E-state index is 0.122. The molecule has 1 aromatic carbocycles. The lowest BCUT2D eigenvalue weighted by molar-refractivity contribution is -0.0534. The highest BCUT2D eigenvalue weighted by Crippen LogP contribution is 2.52. The van der Waals surface area contributed by atoms with Gasteiger partial charge in [-0.2, -0.15) is 0 Å². The van der Waals surface area contributed by atoms with Gasteiger partial charge in [-0.15, -0.1) is 0 Å². The molecule has 1 unspecified atom stereocenters. The van der Waals surface area contributed by atoms with Gasteiger partial charge in [0, 0.05) is 28.3 Å². The fourth-order valence-electron chi connectivity index (χ4n) is 3.53. The monoisotopic (exact) mass is 417 g/mol. The van der Waals surface area contributed by atoms with E-state index >= 15 is 0 Å². The number of rotatable bonds is 1. The number of halogens is 3. The zero-order chi connectivity index (χ0) is 17.8. The molecular formula is C18H22BrF2NOS. The summed E-state index contributed by atoms with van der Waals surface area (Å²) in [6.07, 6.45) is 1.26. The Balaban J connectivity index is 2.05. The van der Waals surface area contributed by atoms with Gasteiger partial charge in [-0.25, -0.2) is 8.78 Å². The van der Waals surface area contributed by atoms with E-state index in [0.29, 0.717) is 19.3 Å². The maximum Gasteiger partial charge on any atom is 0.248 e. The fraction of sp³-hybridized carbons (Fsp3) is 0.611. The van der Waals surface area contributed by atoms with E-state index in [1.165, 1.54) is 0 Å². The van der Waals surface area contributed by atoms with Crippen molar-refractivity contribution in [2.45, 2.75) is 63.5 Å². The predicted octanol–water partition coefficient (Wildman–Crippen LogP) is 5.45. The molecule has 0 N–H and O–H groups in total. The lowest BCUT2D eigenvalue weighted by atomic mass is 9.70. The Labute approximate surface area is 153 Å². The van der Waals surface area contributed by atoms with Gasteiger partial charge in [0.2, 0.25) is 5.92 Å². The second-order valence-electron chi connectivity index (χ2n) is 7.92. The molecule has 0 radical (unpaired) electrons. The van der Waals surface area contributed by atoms with Crippen LogP contribution in [-0.4, -0.2) is 20.9 Å². The van der Waals surface area contributed by atoms with Crippen LogP contribution in [0.1, 0.15) is 57.6 Å². The molecule has 0 bridgehead atoms. The van der Waals surface area contributed by atoms with Crippen molar-refractivity contribution in [3.05, 3.63) is 33.8 Å². The summed E-state index contributed by atoms with van der Waals surface area (Å²) in [4.78, 5) is 0. The molecule has 132 valence electrons. The Kier molecular flexibility index (Phi) is 4.63. The molecule has 0 heterocycles. The van der Waals surface area contributed by atoms with Crippen molar-refractivity contribution in [1.82, 2.24) is 0 Å². The summed E-state index contributed by atoms with van der Waals surface area (Å²) in [7, 11) is 0. The molecule has 0 amide bonds. The molecule has 0 aromatic heterocycles. The SMILES string of the molecule is CC(C)(C)[S+]([O-])/N=C1\c2cc(Br)ccc2CC12CCC(F)(F)CC2. The van der Waals surface area contributed by atoms with Crippen LogP contribution in [0.4, 0.5) is 8.78 Å². The smallest absolute Gasteiger partial charge is 0.248 e. The number of benzene rings is 1. The van der Waals surface area contributed by atoms with Gasteiger partial charge in [0.25, 0.3) is 0 Å². The van der Waals surface area contributed by atoms with Crippen LogP contribution in [0.25, 0.3) is 0 Å². The largest absolute Gasteiger partial charge is 0.591 e. The first-order valence-corrected chi connectivity index (χ1v) is 10.1. The van der Waals surface area contributed by atoms with Gasteiger partial charge in [-0.3, -0.25) is 0 Å². The third-order valence-electron chi connectivity index (χ3n) is 4.99. The van der Waals surface area contributed by atoms with Gasteiger partial charge in [0.05, 0.1) is 0 Å². The van der Waals surface area contributed by atoms with Crippen molar-refractivity contribution in [2.24, 2.45) is 9.81 Å². The molecule has 2 aliphatic rings. The summed E-state index contributed by atoms with van der Waals surface area (Å²) >= 11 is 2.07. The zero-order valence-electron chi connectivity index (χ0n) is 14.2. The van der Waals surface area contributed by atoms with E-state index in [1.54, 1.807) is 0 Å². The van der Waals surface area contributed by atoms with Crippen LogP contribution in [0.2, 0.25) is 0 Å². The number of alkyl halides is 2. The van der Waals surface area contributed by atoms with Crippen molar-refractivity contribution in [1.29, 1.82) is 0 Å². The average Bonchev–Trinajstić information content (AvgIpc) is 2.76. The average molecular weight is 418 g/mol. The molecule has 1 atom stereocenters. The molecule has 6 heteroatoms. The highest BCUT2D eigenvalue weighted by Gasteiger charge is 2.51. The van der Waals surface area contributed by atoms with Crippen LogP contribution in [0, 0.1) is 5.41 Å². The second kappa shape index (κ2) is 6.06. The lowest BCUT2D eigenvalue weighted by Gasteiger charge is -2.37. The molecule has 2 aliphatic carbocycles. The minimum Gasteiger partial charge on any atom is -0.591 e. The summed E-state index contributed by atoms with van der Waals surface area (Å²) in [6, 6.07) is 5.97. The molecule has 24 heavy (non-hydrogen) atoms. The van der Waals surface area contributed by atoms with Crippen molar-refractivity contribution in [2.75, 3.05) is 0 Å². The van der Waals surface area contributed by atoms with Crippen LogP contribution in [0.5, 0.6) is 0 Å². The van der Waals surface area contributed by atoms with Crippen LogP contribution >= 0.6 is 15.9 Å². The number of hydrogen-bond acceptors (Lipinski definition) is 2. The summed E-state index contributed by atoms with van der Waals surface area (Å²) in [6.45, 7) is 5.64. The zero-order valence-corrected chi connectivity index (χ0v) is 16.6.